The van der Waals surface area contributed by atoms with Crippen LogP contribution in [-0.4, -0.2) is 28.4 Å². The summed E-state index contributed by atoms with van der Waals surface area (Å²) in [6.45, 7) is 7.31. The molecular formula is C21H20Cl2N4O3S. The molecule has 2 aromatic rings. The molecule has 0 saturated heterocycles. The number of esters is 1. The third-order valence-corrected chi connectivity index (χ3v) is 5.85. The smallest absolute Gasteiger partial charge is 0.362 e. The Morgan fingerprint density at radius 2 is 2.00 bits per heavy atom. The molecule has 0 aliphatic heterocycles. The molecule has 0 atom stereocenters. The molecule has 0 aliphatic carbocycles. The average Bonchev–Trinajstić information content (AvgIpc) is 2.72. The first-order valence-electron chi connectivity index (χ1n) is 9.16. The van der Waals surface area contributed by atoms with Crippen molar-refractivity contribution in [3.8, 4) is 6.07 Å². The van der Waals surface area contributed by atoms with Gasteiger partial charge in [0.15, 0.2) is 0 Å². The van der Waals surface area contributed by atoms with Gasteiger partial charge in [-0.15, -0.1) is 10.2 Å². The largest absolute Gasteiger partial charge is 0.509 e. The molecule has 0 bridgehead atoms. The number of rotatable bonds is 7. The summed E-state index contributed by atoms with van der Waals surface area (Å²) < 4.78 is 4.97. The van der Waals surface area contributed by atoms with Crippen molar-refractivity contribution in [2.75, 3.05) is 12.4 Å². The van der Waals surface area contributed by atoms with Crippen LogP contribution in [-0.2, 0) is 9.53 Å². The molecule has 0 unspecified atom stereocenters. The lowest BCUT2D eigenvalue weighted by Crippen LogP contribution is -2.10. The highest BCUT2D eigenvalue weighted by Crippen LogP contribution is 2.30. The number of thioether (sulfide) groups is 1. The molecule has 0 spiro atoms. The van der Waals surface area contributed by atoms with Crippen molar-refractivity contribution in [2.45, 2.75) is 32.7 Å². The predicted octanol–water partition coefficient (Wildman–Crippen LogP) is 6.39. The van der Waals surface area contributed by atoms with Crippen LogP contribution in [0.15, 0.2) is 44.9 Å². The van der Waals surface area contributed by atoms with E-state index in [2.05, 4.69) is 21.3 Å². The molecule has 1 N–H and O–H groups in total. The third kappa shape index (κ3) is 6.20. The first-order valence-corrected chi connectivity index (χ1v) is 10.9. The number of halogens is 2. The molecule has 162 valence electrons. The van der Waals surface area contributed by atoms with Crippen molar-refractivity contribution in [2.24, 2.45) is 10.2 Å². The first kappa shape index (κ1) is 24.7. The van der Waals surface area contributed by atoms with Crippen LogP contribution < -0.4 is 0 Å². The van der Waals surface area contributed by atoms with Gasteiger partial charge in [0, 0.05) is 10.7 Å². The molecular weight excluding hydrogens is 459 g/mol. The van der Waals surface area contributed by atoms with E-state index >= 15 is 0 Å². The topological polar surface area (TPSA) is 108 Å². The first-order chi connectivity index (χ1) is 14.7. The third-order valence-electron chi connectivity index (χ3n) is 4.33. The van der Waals surface area contributed by atoms with E-state index in [9.17, 15) is 15.2 Å². The van der Waals surface area contributed by atoms with Crippen LogP contribution in [0.5, 0.6) is 0 Å². The highest BCUT2D eigenvalue weighted by Gasteiger charge is 2.19. The van der Waals surface area contributed by atoms with Crippen LogP contribution in [0.4, 0.5) is 5.69 Å². The van der Waals surface area contributed by atoms with Crippen molar-refractivity contribution in [3.63, 3.8) is 0 Å². The van der Waals surface area contributed by atoms with Crippen molar-refractivity contribution >= 4 is 46.6 Å². The normalized spacial score (nSPS) is 11.9. The minimum absolute atomic E-state index is 0.0643. The maximum Gasteiger partial charge on any atom is 0.362 e. The van der Waals surface area contributed by atoms with Gasteiger partial charge in [-0.25, -0.2) is 9.78 Å². The number of aryl methyl sites for hydroxylation is 1. The van der Waals surface area contributed by atoms with Crippen LogP contribution in [0.2, 0.25) is 10.0 Å². The zero-order chi connectivity index (χ0) is 23.1. The second-order valence-corrected chi connectivity index (χ2v) is 8.15. The molecule has 0 amide bonds. The number of aliphatic hydroxyl groups excluding tert-OH is 1. The van der Waals surface area contributed by atoms with Gasteiger partial charge in [-0.05, 0) is 57.0 Å². The Balaban J connectivity index is 2.37. The van der Waals surface area contributed by atoms with Crippen molar-refractivity contribution in [3.05, 3.63) is 62.1 Å². The summed E-state index contributed by atoms with van der Waals surface area (Å²) in [7, 11) is 0. The maximum absolute atomic E-state index is 12.3. The van der Waals surface area contributed by atoms with Gasteiger partial charge in [0.05, 0.1) is 22.9 Å². The Labute approximate surface area is 194 Å². The number of nitriles is 1. The van der Waals surface area contributed by atoms with Gasteiger partial charge < -0.3 is 9.84 Å². The average molecular weight is 479 g/mol. The van der Waals surface area contributed by atoms with Crippen LogP contribution in [0.3, 0.4) is 0 Å². The SMILES string of the molecule is CCOC(=O)/C(N=Nc1ccc(Cl)cc1Cl)=C(\O)CSc1nc(C)c(C)c(C)c1C#N. The van der Waals surface area contributed by atoms with E-state index in [0.29, 0.717) is 15.6 Å². The molecule has 7 nitrogen and oxygen atoms in total. The van der Waals surface area contributed by atoms with E-state index in [-0.39, 0.29) is 34.5 Å². The number of aliphatic hydroxyl groups is 1. The molecule has 1 heterocycles. The van der Waals surface area contributed by atoms with Crippen LogP contribution in [0, 0.1) is 32.1 Å². The maximum atomic E-state index is 12.3. The summed E-state index contributed by atoms with van der Waals surface area (Å²) >= 11 is 13.1. The highest BCUT2D eigenvalue weighted by atomic mass is 35.5. The fraction of sp³-hybridized carbons (Fsp3) is 0.286. The zero-order valence-corrected chi connectivity index (χ0v) is 19.7. The number of azo groups is 1. The Morgan fingerprint density at radius 1 is 1.29 bits per heavy atom. The summed E-state index contributed by atoms with van der Waals surface area (Å²) in [5.41, 5.74) is 2.87. The van der Waals surface area contributed by atoms with E-state index in [4.69, 9.17) is 27.9 Å². The molecule has 0 aliphatic rings. The molecule has 10 heteroatoms. The number of ether oxygens (including phenoxy) is 1. The fourth-order valence-electron chi connectivity index (χ4n) is 2.43. The summed E-state index contributed by atoms with van der Waals surface area (Å²) in [4.78, 5) is 16.7. The summed E-state index contributed by atoms with van der Waals surface area (Å²) in [5.74, 6) is -1.26. The van der Waals surface area contributed by atoms with E-state index in [0.717, 1.165) is 28.6 Å². The number of pyridine rings is 1. The summed E-state index contributed by atoms with van der Waals surface area (Å²) in [6.07, 6.45) is 0. The Hall–Kier alpha value is -2.60. The quantitative estimate of drug-likeness (QED) is 0.162. The molecule has 1 aromatic carbocycles. The van der Waals surface area contributed by atoms with Crippen LogP contribution >= 0.6 is 35.0 Å². The molecule has 0 saturated carbocycles. The molecule has 0 fully saturated rings. The lowest BCUT2D eigenvalue weighted by molar-refractivity contribution is -0.138. The number of carbonyl (C=O) groups excluding carboxylic acids is 1. The summed E-state index contributed by atoms with van der Waals surface area (Å²) in [6, 6.07) is 6.73. The zero-order valence-electron chi connectivity index (χ0n) is 17.4. The monoisotopic (exact) mass is 478 g/mol. The van der Waals surface area contributed by atoms with Gasteiger partial charge in [0.1, 0.15) is 22.5 Å². The Bertz CT molecular complexity index is 1110. The van der Waals surface area contributed by atoms with Gasteiger partial charge in [-0.2, -0.15) is 5.26 Å². The van der Waals surface area contributed by atoms with Gasteiger partial charge in [-0.1, -0.05) is 35.0 Å². The standard InChI is InChI=1S/C21H20Cl2N4O3S/c1-5-30-21(29)19(27-26-17-7-6-14(22)8-16(17)23)18(28)10-31-20-15(9-24)12(3)11(2)13(4)25-20/h6-8,28H,5,10H2,1-4H3/b19-18+,27-26?. The minimum Gasteiger partial charge on any atom is -0.509 e. The number of hydrogen-bond acceptors (Lipinski definition) is 8. The van der Waals surface area contributed by atoms with E-state index in [1.165, 1.54) is 12.1 Å². The number of carbonyl (C=O) groups is 1. The van der Waals surface area contributed by atoms with E-state index in [1.54, 1.807) is 13.0 Å². The van der Waals surface area contributed by atoms with Crippen molar-refractivity contribution in [1.82, 2.24) is 4.98 Å². The predicted molar refractivity (Wildman–Crippen MR) is 121 cm³/mol. The van der Waals surface area contributed by atoms with Crippen LogP contribution in [0.25, 0.3) is 0 Å². The Kier molecular flexibility index (Phi) is 8.87. The second kappa shape index (κ2) is 11.1. The molecule has 2 rings (SSSR count). The second-order valence-electron chi connectivity index (χ2n) is 6.34. The van der Waals surface area contributed by atoms with Gasteiger partial charge >= 0.3 is 5.97 Å². The fourth-order valence-corrected chi connectivity index (χ4v) is 3.84. The minimum atomic E-state index is -0.834. The Morgan fingerprint density at radius 3 is 2.61 bits per heavy atom. The van der Waals surface area contributed by atoms with E-state index in [1.807, 2.05) is 20.8 Å². The number of benzene rings is 1. The van der Waals surface area contributed by atoms with Crippen molar-refractivity contribution < 1.29 is 14.6 Å². The summed E-state index contributed by atoms with van der Waals surface area (Å²) in [5, 5.41) is 29.0. The molecule has 31 heavy (non-hydrogen) atoms. The van der Waals surface area contributed by atoms with Gasteiger partial charge in [0.25, 0.3) is 0 Å². The van der Waals surface area contributed by atoms with E-state index < -0.39 is 5.97 Å². The highest BCUT2D eigenvalue weighted by molar-refractivity contribution is 7.99. The lowest BCUT2D eigenvalue weighted by Gasteiger charge is -2.11. The molecule has 0 radical (unpaired) electrons. The van der Waals surface area contributed by atoms with Crippen molar-refractivity contribution in [1.29, 1.82) is 5.26 Å². The van der Waals surface area contributed by atoms with Crippen LogP contribution in [0.1, 0.15) is 29.3 Å². The van der Waals surface area contributed by atoms with Gasteiger partial charge in [0.2, 0.25) is 5.70 Å². The number of aromatic nitrogens is 1. The number of hydrogen-bond donors (Lipinski definition) is 1. The van der Waals surface area contributed by atoms with Gasteiger partial charge in [-0.3, -0.25) is 0 Å². The lowest BCUT2D eigenvalue weighted by atomic mass is 10.1. The molecule has 1 aromatic heterocycles. The number of nitrogens with zero attached hydrogens (tertiary/aromatic N) is 4.